The van der Waals surface area contributed by atoms with Gasteiger partial charge in [0.25, 0.3) is 0 Å². The average Bonchev–Trinajstić information content (AvgIpc) is 3.79. The lowest BCUT2D eigenvalue weighted by atomic mass is 9.84. The first-order chi connectivity index (χ1) is 25.3. The van der Waals surface area contributed by atoms with E-state index >= 15 is 0 Å². The molecule has 10 rings (SSSR count). The number of anilines is 3. The van der Waals surface area contributed by atoms with Crippen LogP contribution in [0.5, 0.6) is 0 Å². The van der Waals surface area contributed by atoms with Gasteiger partial charge in [-0.1, -0.05) is 115 Å². The van der Waals surface area contributed by atoms with E-state index in [2.05, 4.69) is 198 Å². The van der Waals surface area contributed by atoms with Crippen LogP contribution in [0, 0.1) is 5.92 Å². The zero-order chi connectivity index (χ0) is 33.7. The first-order valence-electron chi connectivity index (χ1n) is 17.5. The minimum absolute atomic E-state index is 0.0973. The van der Waals surface area contributed by atoms with E-state index in [4.69, 9.17) is 9.73 Å². The molecule has 0 fully saturated rings. The Bertz CT molecular complexity index is 2610. The van der Waals surface area contributed by atoms with E-state index in [-0.39, 0.29) is 12.0 Å². The second-order valence-corrected chi connectivity index (χ2v) is 13.1. The van der Waals surface area contributed by atoms with Crippen molar-refractivity contribution < 1.29 is 4.74 Å². The number of ether oxygens (including phenoxy) is 1. The lowest BCUT2D eigenvalue weighted by Crippen LogP contribution is -2.26. The number of aromatic nitrogens is 1. The van der Waals surface area contributed by atoms with Gasteiger partial charge in [-0.2, -0.15) is 0 Å². The Balaban J connectivity index is 1.11. The van der Waals surface area contributed by atoms with Crippen LogP contribution in [0.15, 0.2) is 204 Å². The topological polar surface area (TPSA) is 29.8 Å². The summed E-state index contributed by atoms with van der Waals surface area (Å²) in [7, 11) is 0. The highest BCUT2D eigenvalue weighted by Gasteiger charge is 2.36. The second-order valence-electron chi connectivity index (χ2n) is 13.1. The fraction of sp³-hybridized carbons (Fsp3) is 0.0426. The number of nitrogens with zero attached hydrogens (tertiary/aromatic N) is 3. The van der Waals surface area contributed by atoms with E-state index in [0.29, 0.717) is 5.90 Å². The highest BCUT2D eigenvalue weighted by atomic mass is 16.5. The van der Waals surface area contributed by atoms with Crippen molar-refractivity contribution in [3.63, 3.8) is 0 Å². The number of allylic oxidation sites excluding steroid dienone is 5. The van der Waals surface area contributed by atoms with Gasteiger partial charge >= 0.3 is 0 Å². The van der Waals surface area contributed by atoms with Crippen LogP contribution in [0.2, 0.25) is 0 Å². The smallest absolute Gasteiger partial charge is 0.221 e. The number of rotatable bonds is 6. The van der Waals surface area contributed by atoms with Gasteiger partial charge in [0.2, 0.25) is 5.90 Å². The molecule has 2 aliphatic carbocycles. The van der Waals surface area contributed by atoms with Gasteiger partial charge < -0.3 is 14.2 Å². The molecule has 6 aromatic carbocycles. The normalized spacial score (nSPS) is 17.4. The Hall–Kier alpha value is -6.65. The van der Waals surface area contributed by atoms with Crippen molar-refractivity contribution >= 4 is 44.8 Å². The summed E-state index contributed by atoms with van der Waals surface area (Å²) in [6.07, 6.45) is 12.7. The average molecular weight is 656 g/mol. The first-order valence-corrected chi connectivity index (χ1v) is 17.5. The zero-order valence-electron chi connectivity index (χ0n) is 27.8. The fourth-order valence-electron chi connectivity index (χ4n) is 7.77. The van der Waals surface area contributed by atoms with Crippen molar-refractivity contribution in [1.82, 2.24) is 4.57 Å². The SMILES string of the molecule is C1=CC2=CC=C3N=C(c4ccc(N(c5ccc6c(c5)c5ccccc5n6-c5ccccc5)c5ccccc5-c5ccccc5)cc4)OC3C2C=C1. The van der Waals surface area contributed by atoms with Crippen LogP contribution in [0.1, 0.15) is 5.56 Å². The molecule has 2 heterocycles. The van der Waals surface area contributed by atoms with Gasteiger partial charge in [-0.25, -0.2) is 4.99 Å². The van der Waals surface area contributed by atoms with Gasteiger partial charge in [0.15, 0.2) is 6.10 Å². The molecule has 4 nitrogen and oxygen atoms in total. The van der Waals surface area contributed by atoms with Crippen molar-refractivity contribution in [2.45, 2.75) is 6.10 Å². The molecule has 242 valence electrons. The molecule has 2 atom stereocenters. The number of fused-ring (bicyclic) bond motifs is 6. The predicted octanol–water partition coefficient (Wildman–Crippen LogP) is 11.6. The third-order valence-electron chi connectivity index (χ3n) is 10.2. The standard InChI is InChI=1S/C47H33N3O/c1-3-13-32(14-4-1)38-18-9-11-21-43(38)49(36-26-23-34(24-27-36)47-48-42-29-25-33-15-7-8-19-39(33)46(42)51-47)37-28-30-45-41(31-37)40-20-10-12-22-44(40)50(45)35-16-5-2-6-17-35/h1-31,39,46H. The van der Waals surface area contributed by atoms with Crippen molar-refractivity contribution in [3.8, 4) is 16.8 Å². The molecule has 1 aromatic heterocycles. The molecule has 2 unspecified atom stereocenters. The number of para-hydroxylation sites is 3. The molecule has 0 saturated heterocycles. The van der Waals surface area contributed by atoms with Crippen molar-refractivity contribution in [1.29, 1.82) is 0 Å². The summed E-state index contributed by atoms with van der Waals surface area (Å²) < 4.78 is 8.90. The Labute approximate surface area is 296 Å². The maximum Gasteiger partial charge on any atom is 0.221 e. The molecule has 1 aliphatic heterocycles. The van der Waals surface area contributed by atoms with Crippen LogP contribution in [0.4, 0.5) is 17.1 Å². The fourth-order valence-corrected chi connectivity index (χ4v) is 7.77. The van der Waals surface area contributed by atoms with Gasteiger partial charge in [0.1, 0.15) is 0 Å². The summed E-state index contributed by atoms with van der Waals surface area (Å²) in [4.78, 5) is 7.31. The summed E-state index contributed by atoms with van der Waals surface area (Å²) in [5.74, 6) is 0.852. The van der Waals surface area contributed by atoms with Gasteiger partial charge in [0, 0.05) is 44.9 Å². The van der Waals surface area contributed by atoms with Crippen molar-refractivity contribution in [2.24, 2.45) is 10.9 Å². The van der Waals surface area contributed by atoms with Gasteiger partial charge in [0.05, 0.1) is 22.4 Å². The van der Waals surface area contributed by atoms with Gasteiger partial charge in [-0.15, -0.1) is 0 Å². The number of hydrogen-bond donors (Lipinski definition) is 0. The summed E-state index contributed by atoms with van der Waals surface area (Å²) >= 11 is 0. The van der Waals surface area contributed by atoms with Gasteiger partial charge in [-0.05, 0) is 83.9 Å². The minimum atomic E-state index is -0.0973. The Kier molecular flexibility index (Phi) is 6.91. The number of aliphatic imine (C=N–C) groups is 1. The molecular formula is C47H33N3O. The lowest BCUT2D eigenvalue weighted by molar-refractivity contribution is 0.212. The summed E-state index contributed by atoms with van der Waals surface area (Å²) in [6.45, 7) is 0. The summed E-state index contributed by atoms with van der Waals surface area (Å²) in [5, 5.41) is 2.42. The van der Waals surface area contributed by atoms with E-state index in [1.165, 1.54) is 32.9 Å². The highest BCUT2D eigenvalue weighted by Crippen LogP contribution is 2.44. The quantitative estimate of drug-likeness (QED) is 0.178. The van der Waals surface area contributed by atoms with Crippen LogP contribution in [0.3, 0.4) is 0 Å². The molecule has 3 aliphatic rings. The van der Waals surface area contributed by atoms with Crippen LogP contribution in [0.25, 0.3) is 38.6 Å². The summed E-state index contributed by atoms with van der Waals surface area (Å²) in [6, 6.07) is 54.1. The van der Waals surface area contributed by atoms with Crippen LogP contribution in [-0.2, 0) is 4.74 Å². The largest absolute Gasteiger partial charge is 0.466 e. The van der Waals surface area contributed by atoms with Crippen molar-refractivity contribution in [2.75, 3.05) is 4.90 Å². The molecule has 0 bridgehead atoms. The van der Waals surface area contributed by atoms with Gasteiger partial charge in [-0.3, -0.25) is 0 Å². The Morgan fingerprint density at radius 3 is 2.18 bits per heavy atom. The molecule has 0 radical (unpaired) electrons. The molecule has 0 spiro atoms. The van der Waals surface area contributed by atoms with E-state index in [1.807, 2.05) is 0 Å². The molecule has 4 heteroatoms. The molecule has 7 aromatic rings. The maximum atomic E-state index is 6.54. The number of hydrogen-bond acceptors (Lipinski definition) is 3. The molecule has 0 saturated carbocycles. The second kappa shape index (κ2) is 12.0. The molecule has 51 heavy (non-hydrogen) atoms. The third kappa shape index (κ3) is 4.95. The van der Waals surface area contributed by atoms with Crippen molar-refractivity contribution in [3.05, 3.63) is 205 Å². The molecule has 0 amide bonds. The number of benzene rings is 6. The predicted molar refractivity (Wildman–Crippen MR) is 210 cm³/mol. The lowest BCUT2D eigenvalue weighted by Gasteiger charge is -2.28. The zero-order valence-corrected chi connectivity index (χ0v) is 27.8. The Morgan fingerprint density at radius 2 is 1.31 bits per heavy atom. The monoisotopic (exact) mass is 655 g/mol. The third-order valence-corrected chi connectivity index (χ3v) is 10.2. The maximum absolute atomic E-state index is 6.54. The summed E-state index contributed by atoms with van der Waals surface area (Å²) in [5.41, 5.74) is 12.3. The van der Waals surface area contributed by atoms with E-state index in [0.717, 1.165) is 39.6 Å². The minimum Gasteiger partial charge on any atom is -0.466 e. The van der Waals surface area contributed by atoms with Crippen LogP contribution >= 0.6 is 0 Å². The first kappa shape index (κ1) is 29.3. The molecule has 0 N–H and O–H groups in total. The Morgan fingerprint density at radius 1 is 0.588 bits per heavy atom. The van der Waals surface area contributed by atoms with E-state index < -0.39 is 0 Å². The van der Waals surface area contributed by atoms with Crippen LogP contribution in [-0.4, -0.2) is 16.6 Å². The van der Waals surface area contributed by atoms with E-state index in [9.17, 15) is 0 Å². The van der Waals surface area contributed by atoms with Crippen LogP contribution < -0.4 is 4.90 Å². The van der Waals surface area contributed by atoms with E-state index in [1.54, 1.807) is 0 Å². The highest BCUT2D eigenvalue weighted by molar-refractivity contribution is 6.11. The molecular weight excluding hydrogens is 623 g/mol.